The number of nitrogens with one attached hydrogen (secondary N) is 3. The van der Waals surface area contributed by atoms with Crippen molar-refractivity contribution in [3.05, 3.63) is 59.9 Å². The van der Waals surface area contributed by atoms with Crippen molar-refractivity contribution in [2.24, 2.45) is 5.92 Å². The number of aromatic nitrogens is 4. The second-order valence-electron chi connectivity index (χ2n) is 7.06. The fourth-order valence-electron chi connectivity index (χ4n) is 2.73. The topological polar surface area (TPSA) is 114 Å². The Morgan fingerprint density at radius 3 is 2.70 bits per heavy atom. The maximum Gasteiger partial charge on any atom is 0.319 e. The van der Waals surface area contributed by atoms with E-state index < -0.39 is 0 Å². The summed E-state index contributed by atoms with van der Waals surface area (Å²) in [6, 6.07) is 12.6. The van der Waals surface area contributed by atoms with Crippen molar-refractivity contribution in [1.82, 2.24) is 25.5 Å². The predicted molar refractivity (Wildman–Crippen MR) is 114 cm³/mol. The van der Waals surface area contributed by atoms with E-state index in [0.29, 0.717) is 17.9 Å². The minimum Gasteiger partial charge on any atom is -0.334 e. The molecule has 0 aliphatic rings. The fraction of sp³-hybridized carbons (Fsp3) is 0.286. The molecule has 3 amide bonds. The quantitative estimate of drug-likeness (QED) is 0.556. The molecule has 0 aliphatic carbocycles. The van der Waals surface area contributed by atoms with Gasteiger partial charge in [0.2, 0.25) is 5.91 Å². The second-order valence-corrected chi connectivity index (χ2v) is 7.06. The van der Waals surface area contributed by atoms with Crippen molar-refractivity contribution in [2.45, 2.75) is 33.7 Å². The highest BCUT2D eigenvalue weighted by atomic mass is 16.2. The van der Waals surface area contributed by atoms with E-state index in [1.807, 2.05) is 57.2 Å². The highest BCUT2D eigenvalue weighted by Crippen LogP contribution is 2.19. The lowest BCUT2D eigenvalue weighted by Gasteiger charge is -2.13. The third kappa shape index (κ3) is 5.40. The molecule has 0 radical (unpaired) electrons. The zero-order valence-electron chi connectivity index (χ0n) is 17.2. The smallest absolute Gasteiger partial charge is 0.319 e. The number of hydrogen-bond donors (Lipinski definition) is 3. The van der Waals surface area contributed by atoms with E-state index in [-0.39, 0.29) is 17.9 Å². The average molecular weight is 407 g/mol. The zero-order chi connectivity index (χ0) is 21.5. The van der Waals surface area contributed by atoms with E-state index >= 15 is 0 Å². The average Bonchev–Trinajstić information content (AvgIpc) is 3.28. The third-order valence-corrected chi connectivity index (χ3v) is 4.79. The fourth-order valence-corrected chi connectivity index (χ4v) is 2.73. The van der Waals surface area contributed by atoms with Gasteiger partial charge in [0.05, 0.1) is 5.69 Å². The van der Waals surface area contributed by atoms with E-state index in [1.54, 1.807) is 6.07 Å². The van der Waals surface area contributed by atoms with Crippen LogP contribution in [0.4, 0.5) is 16.2 Å². The summed E-state index contributed by atoms with van der Waals surface area (Å²) in [5.74, 6) is -0.0665. The Bertz CT molecular complexity index is 1020. The van der Waals surface area contributed by atoms with Gasteiger partial charge in [-0.15, -0.1) is 5.10 Å². The van der Waals surface area contributed by atoms with Gasteiger partial charge in [0.15, 0.2) is 0 Å². The van der Waals surface area contributed by atoms with Crippen LogP contribution in [0.5, 0.6) is 0 Å². The Kier molecular flexibility index (Phi) is 6.74. The molecule has 2 aromatic carbocycles. The normalized spacial score (nSPS) is 11.6. The molecule has 9 heteroatoms. The molecule has 0 spiro atoms. The number of carbonyl (C=O) groups is 2. The van der Waals surface area contributed by atoms with Crippen LogP contribution in [-0.2, 0) is 11.3 Å². The van der Waals surface area contributed by atoms with Crippen LogP contribution in [0, 0.1) is 12.8 Å². The molecule has 1 unspecified atom stereocenters. The summed E-state index contributed by atoms with van der Waals surface area (Å²) in [4.78, 5) is 24.5. The Morgan fingerprint density at radius 2 is 1.97 bits per heavy atom. The van der Waals surface area contributed by atoms with Crippen LogP contribution in [0.2, 0.25) is 0 Å². The molecule has 9 nitrogen and oxygen atoms in total. The number of rotatable bonds is 7. The first kappa shape index (κ1) is 21.0. The van der Waals surface area contributed by atoms with E-state index in [1.165, 1.54) is 11.0 Å². The van der Waals surface area contributed by atoms with E-state index in [2.05, 4.69) is 31.5 Å². The third-order valence-electron chi connectivity index (χ3n) is 4.79. The molecule has 1 aromatic heterocycles. The first-order valence-corrected chi connectivity index (χ1v) is 9.75. The zero-order valence-corrected chi connectivity index (χ0v) is 17.2. The highest BCUT2D eigenvalue weighted by molar-refractivity contribution is 5.92. The van der Waals surface area contributed by atoms with Crippen LogP contribution in [0.25, 0.3) is 5.69 Å². The summed E-state index contributed by atoms with van der Waals surface area (Å²) >= 11 is 0. The van der Waals surface area contributed by atoms with Gasteiger partial charge in [-0.05, 0) is 59.2 Å². The molecule has 1 heterocycles. The van der Waals surface area contributed by atoms with E-state index in [4.69, 9.17) is 0 Å². The molecule has 0 saturated heterocycles. The Balaban J connectivity index is 1.59. The van der Waals surface area contributed by atoms with Crippen LogP contribution in [0.1, 0.15) is 31.4 Å². The van der Waals surface area contributed by atoms with Gasteiger partial charge in [-0.25, -0.2) is 9.48 Å². The predicted octanol–water partition coefficient (Wildman–Crippen LogP) is 3.28. The van der Waals surface area contributed by atoms with Crippen molar-refractivity contribution in [3.63, 3.8) is 0 Å². The first-order valence-electron chi connectivity index (χ1n) is 9.75. The molecule has 30 heavy (non-hydrogen) atoms. The molecular weight excluding hydrogens is 382 g/mol. The number of amides is 3. The lowest BCUT2D eigenvalue weighted by atomic mass is 10.1. The van der Waals surface area contributed by atoms with Gasteiger partial charge in [0.25, 0.3) is 0 Å². The molecule has 0 bridgehead atoms. The van der Waals surface area contributed by atoms with E-state index in [0.717, 1.165) is 23.2 Å². The molecule has 0 fully saturated rings. The summed E-state index contributed by atoms with van der Waals surface area (Å²) in [6.07, 6.45) is 2.27. The van der Waals surface area contributed by atoms with Crippen LogP contribution in [-0.4, -0.2) is 32.1 Å². The van der Waals surface area contributed by atoms with Gasteiger partial charge >= 0.3 is 6.03 Å². The number of nitrogens with zero attached hydrogens (tertiary/aromatic N) is 4. The number of urea groups is 1. The van der Waals surface area contributed by atoms with Gasteiger partial charge in [-0.2, -0.15) is 0 Å². The summed E-state index contributed by atoms with van der Waals surface area (Å²) < 4.78 is 1.52. The minimum absolute atomic E-state index is 0.0155. The molecule has 3 N–H and O–H groups in total. The number of benzene rings is 2. The maximum absolute atomic E-state index is 12.4. The van der Waals surface area contributed by atoms with Crippen molar-refractivity contribution < 1.29 is 9.59 Å². The van der Waals surface area contributed by atoms with Crippen LogP contribution < -0.4 is 16.0 Å². The van der Waals surface area contributed by atoms with Crippen LogP contribution >= 0.6 is 0 Å². The van der Waals surface area contributed by atoms with Gasteiger partial charge in [-0.3, -0.25) is 4.79 Å². The summed E-state index contributed by atoms with van der Waals surface area (Å²) in [6.45, 7) is 6.10. The number of anilines is 2. The van der Waals surface area contributed by atoms with Crippen molar-refractivity contribution >= 4 is 23.3 Å². The monoisotopic (exact) mass is 407 g/mol. The molecule has 3 aromatic rings. The first-order chi connectivity index (χ1) is 14.5. The maximum atomic E-state index is 12.4. The molecule has 1 atom stereocenters. The Labute approximate surface area is 174 Å². The number of aryl methyl sites for hydroxylation is 1. The largest absolute Gasteiger partial charge is 0.334 e. The number of tetrazole rings is 1. The highest BCUT2D eigenvalue weighted by Gasteiger charge is 2.11. The molecular formula is C21H25N7O2. The van der Waals surface area contributed by atoms with Gasteiger partial charge < -0.3 is 16.0 Å². The summed E-state index contributed by atoms with van der Waals surface area (Å²) in [7, 11) is 0. The Morgan fingerprint density at radius 1 is 1.13 bits per heavy atom. The van der Waals surface area contributed by atoms with Gasteiger partial charge in [0, 0.05) is 23.8 Å². The van der Waals surface area contributed by atoms with E-state index in [9.17, 15) is 9.59 Å². The number of carbonyl (C=O) groups excluding carboxylic acids is 2. The molecule has 0 saturated carbocycles. The number of hydrogen-bond acceptors (Lipinski definition) is 5. The van der Waals surface area contributed by atoms with Crippen LogP contribution in [0.15, 0.2) is 48.8 Å². The SMILES string of the molecule is CCC(C)C(=O)Nc1cccc(CNC(=O)Nc2cc(-n3cnnn3)ccc2C)c1. The second kappa shape index (κ2) is 9.64. The van der Waals surface area contributed by atoms with Crippen molar-refractivity contribution in [3.8, 4) is 5.69 Å². The van der Waals surface area contributed by atoms with Gasteiger partial charge in [0.1, 0.15) is 6.33 Å². The lowest BCUT2D eigenvalue weighted by Crippen LogP contribution is -2.28. The standard InChI is InChI=1S/C21H25N7O2/c1-4-14(2)20(29)24-17-7-5-6-16(10-17)12-22-21(30)25-19-11-18(9-8-15(19)3)28-13-23-26-27-28/h5-11,13-14H,4,12H2,1-3H3,(H,24,29)(H2,22,25,30). The summed E-state index contributed by atoms with van der Waals surface area (Å²) in [5.41, 5.74) is 3.91. The minimum atomic E-state index is -0.332. The molecule has 156 valence electrons. The van der Waals surface area contributed by atoms with Crippen LogP contribution in [0.3, 0.4) is 0 Å². The Hall–Kier alpha value is -3.75. The lowest BCUT2D eigenvalue weighted by molar-refractivity contribution is -0.119. The molecule has 3 rings (SSSR count). The summed E-state index contributed by atoms with van der Waals surface area (Å²) in [5, 5.41) is 19.7. The molecule has 0 aliphatic heterocycles. The van der Waals surface area contributed by atoms with Gasteiger partial charge in [-0.1, -0.05) is 32.0 Å². The van der Waals surface area contributed by atoms with Crippen molar-refractivity contribution in [1.29, 1.82) is 0 Å². The van der Waals surface area contributed by atoms with Crippen molar-refractivity contribution in [2.75, 3.05) is 10.6 Å².